The van der Waals surface area contributed by atoms with Crippen LogP contribution in [0.15, 0.2) is 29.2 Å². The zero-order valence-electron chi connectivity index (χ0n) is 14.6. The molecule has 0 aliphatic heterocycles. The molecule has 0 bridgehead atoms. The first-order valence-corrected chi connectivity index (χ1v) is 10.5. The van der Waals surface area contributed by atoms with Crippen molar-refractivity contribution < 1.29 is 13.2 Å². The van der Waals surface area contributed by atoms with Crippen LogP contribution in [-0.4, -0.2) is 45.1 Å². The van der Waals surface area contributed by atoms with E-state index in [4.69, 9.17) is 0 Å². The van der Waals surface area contributed by atoms with E-state index < -0.39 is 15.7 Å². The molecule has 0 saturated carbocycles. The van der Waals surface area contributed by atoms with Crippen LogP contribution in [0.2, 0.25) is 0 Å². The second kappa shape index (κ2) is 6.06. The number of benzene rings is 1. The Balaban J connectivity index is 1.65. The average molecular weight is 402 g/mol. The zero-order chi connectivity index (χ0) is 19.3. The fourth-order valence-electron chi connectivity index (χ4n) is 2.60. The van der Waals surface area contributed by atoms with Crippen molar-refractivity contribution in [3.8, 4) is 0 Å². The minimum Gasteiger partial charge on any atom is -0.295 e. The molecule has 1 aromatic carbocycles. The summed E-state index contributed by atoms with van der Waals surface area (Å²) in [7, 11) is -3.31. The number of nitrogens with one attached hydrogen (secondary N) is 1. The summed E-state index contributed by atoms with van der Waals surface area (Å²) >= 11 is 1.18. The number of aromatic nitrogens is 5. The summed E-state index contributed by atoms with van der Waals surface area (Å²) in [5.74, 6) is -0.188. The Hall–Kier alpha value is -2.92. The van der Waals surface area contributed by atoms with Gasteiger partial charge >= 0.3 is 0 Å². The lowest BCUT2D eigenvalue weighted by atomic mass is 10.3. The first-order valence-electron chi connectivity index (χ1n) is 7.84. The molecular weight excluding hydrogens is 388 g/mol. The molecule has 0 saturated heterocycles. The van der Waals surface area contributed by atoms with E-state index in [9.17, 15) is 13.2 Å². The molecule has 0 aliphatic carbocycles. The Morgan fingerprint density at radius 3 is 2.67 bits per heavy atom. The van der Waals surface area contributed by atoms with Gasteiger partial charge in [0.05, 0.1) is 15.1 Å². The van der Waals surface area contributed by atoms with Gasteiger partial charge in [-0.15, -0.1) is 5.10 Å². The van der Waals surface area contributed by atoms with Crippen LogP contribution >= 0.6 is 11.3 Å². The van der Waals surface area contributed by atoms with Gasteiger partial charge in [-0.25, -0.2) is 22.9 Å². The van der Waals surface area contributed by atoms with Crippen molar-refractivity contribution in [3.05, 3.63) is 41.5 Å². The average Bonchev–Trinajstić information content (AvgIpc) is 3.16. The molecule has 4 rings (SSSR count). The number of rotatable bonds is 3. The molecule has 3 aromatic heterocycles. The van der Waals surface area contributed by atoms with Crippen LogP contribution in [0.5, 0.6) is 0 Å². The number of hydrogen-bond acceptors (Lipinski definition) is 8. The summed E-state index contributed by atoms with van der Waals surface area (Å²) in [4.78, 5) is 25.4. The van der Waals surface area contributed by atoms with E-state index in [1.165, 1.54) is 28.0 Å². The molecule has 27 heavy (non-hydrogen) atoms. The number of carbonyl (C=O) groups excluding carboxylic acids is 1. The number of sulfone groups is 1. The molecule has 1 N–H and O–H groups in total. The molecular formula is C16H14N6O3S2. The highest BCUT2D eigenvalue weighted by Gasteiger charge is 2.17. The molecule has 11 heteroatoms. The summed E-state index contributed by atoms with van der Waals surface area (Å²) in [6.45, 7) is 3.69. The van der Waals surface area contributed by atoms with E-state index in [2.05, 4.69) is 25.4 Å². The molecule has 0 aliphatic rings. The van der Waals surface area contributed by atoms with Gasteiger partial charge in [0.15, 0.2) is 15.0 Å². The summed E-state index contributed by atoms with van der Waals surface area (Å²) < 4.78 is 25.5. The minimum atomic E-state index is -3.31. The van der Waals surface area contributed by atoms with Crippen molar-refractivity contribution in [2.24, 2.45) is 0 Å². The Labute approximate surface area is 158 Å². The molecule has 1 amide bonds. The molecule has 138 valence electrons. The van der Waals surface area contributed by atoms with Gasteiger partial charge in [-0.1, -0.05) is 11.3 Å². The largest absolute Gasteiger partial charge is 0.297 e. The van der Waals surface area contributed by atoms with E-state index in [0.29, 0.717) is 21.1 Å². The van der Waals surface area contributed by atoms with Gasteiger partial charge in [0, 0.05) is 17.6 Å². The third-order valence-corrected chi connectivity index (χ3v) is 5.87. The first-order chi connectivity index (χ1) is 12.7. The number of carbonyl (C=O) groups is 1. The molecule has 0 radical (unpaired) electrons. The predicted octanol–water partition coefficient (Wildman–Crippen LogP) is 2.01. The number of fused-ring (bicyclic) bond motifs is 2. The lowest BCUT2D eigenvalue weighted by Crippen LogP contribution is -2.13. The van der Waals surface area contributed by atoms with Gasteiger partial charge in [0.2, 0.25) is 5.82 Å². The van der Waals surface area contributed by atoms with Crippen molar-refractivity contribution >= 4 is 48.2 Å². The highest BCUT2D eigenvalue weighted by Crippen LogP contribution is 2.28. The van der Waals surface area contributed by atoms with Crippen LogP contribution < -0.4 is 5.32 Å². The number of thiazole rings is 1. The topological polar surface area (TPSA) is 119 Å². The van der Waals surface area contributed by atoms with E-state index in [0.717, 1.165) is 17.6 Å². The second-order valence-electron chi connectivity index (χ2n) is 6.06. The standard InChI is InChI=1S/C16H14N6O3S2/c1-8-6-9(2)22-15(17-8)19-13(21-22)14(23)20-16-18-11-5-4-10(27(3,24)25)7-12(11)26-16/h4-7H,1-3H3,(H,18,20,23). The molecule has 4 aromatic rings. The SMILES string of the molecule is Cc1cc(C)n2nc(C(=O)Nc3nc4ccc(S(C)(=O)=O)cc4s3)nc2n1. The van der Waals surface area contributed by atoms with Crippen LogP contribution in [0.1, 0.15) is 22.0 Å². The van der Waals surface area contributed by atoms with Crippen molar-refractivity contribution in [1.29, 1.82) is 0 Å². The normalized spacial score (nSPS) is 12.0. The van der Waals surface area contributed by atoms with Gasteiger partial charge in [0.1, 0.15) is 0 Å². The quantitative estimate of drug-likeness (QED) is 0.556. The molecule has 0 fully saturated rings. The zero-order valence-corrected chi connectivity index (χ0v) is 16.2. The van der Waals surface area contributed by atoms with Crippen LogP contribution in [0.3, 0.4) is 0 Å². The van der Waals surface area contributed by atoms with Gasteiger partial charge in [-0.3, -0.25) is 10.1 Å². The third-order valence-electron chi connectivity index (χ3n) is 3.83. The fourth-order valence-corrected chi connectivity index (χ4v) is 4.23. The monoisotopic (exact) mass is 402 g/mol. The summed E-state index contributed by atoms with van der Waals surface area (Å²) in [6, 6.07) is 6.48. The van der Waals surface area contributed by atoms with E-state index in [1.54, 1.807) is 6.07 Å². The van der Waals surface area contributed by atoms with Crippen molar-refractivity contribution in [3.63, 3.8) is 0 Å². The van der Waals surface area contributed by atoms with E-state index >= 15 is 0 Å². The van der Waals surface area contributed by atoms with Crippen LogP contribution in [0, 0.1) is 13.8 Å². The highest BCUT2D eigenvalue weighted by atomic mass is 32.2. The summed E-state index contributed by atoms with van der Waals surface area (Å²) in [5.41, 5.74) is 2.20. The third kappa shape index (κ3) is 3.26. The number of anilines is 1. The van der Waals surface area contributed by atoms with Crippen LogP contribution in [0.25, 0.3) is 16.0 Å². The lowest BCUT2D eigenvalue weighted by molar-refractivity contribution is 0.101. The van der Waals surface area contributed by atoms with Crippen molar-refractivity contribution in [1.82, 2.24) is 24.6 Å². The highest BCUT2D eigenvalue weighted by molar-refractivity contribution is 7.90. The maximum atomic E-state index is 12.5. The summed E-state index contributed by atoms with van der Waals surface area (Å²) in [6.07, 6.45) is 1.14. The second-order valence-corrected chi connectivity index (χ2v) is 9.11. The fraction of sp³-hybridized carbons (Fsp3) is 0.188. The molecule has 0 atom stereocenters. The van der Waals surface area contributed by atoms with E-state index in [-0.39, 0.29) is 10.7 Å². The Kier molecular flexibility index (Phi) is 3.93. The van der Waals surface area contributed by atoms with Crippen LogP contribution in [0.4, 0.5) is 5.13 Å². The number of nitrogens with zero attached hydrogens (tertiary/aromatic N) is 5. The Morgan fingerprint density at radius 2 is 1.93 bits per heavy atom. The Morgan fingerprint density at radius 1 is 1.15 bits per heavy atom. The minimum absolute atomic E-state index is 0.0210. The molecule has 0 spiro atoms. The number of amides is 1. The Bertz CT molecular complexity index is 1320. The molecule has 0 unspecified atom stereocenters. The maximum absolute atomic E-state index is 12.5. The van der Waals surface area contributed by atoms with Crippen molar-refractivity contribution in [2.75, 3.05) is 11.6 Å². The lowest BCUT2D eigenvalue weighted by Gasteiger charge is -1.97. The smallest absolute Gasteiger partial charge is 0.295 e. The number of aryl methyl sites for hydroxylation is 2. The maximum Gasteiger partial charge on any atom is 0.297 e. The predicted molar refractivity (Wildman–Crippen MR) is 101 cm³/mol. The van der Waals surface area contributed by atoms with E-state index in [1.807, 2.05) is 19.9 Å². The van der Waals surface area contributed by atoms with Crippen molar-refractivity contribution in [2.45, 2.75) is 18.7 Å². The first kappa shape index (κ1) is 17.5. The molecule has 9 nitrogen and oxygen atoms in total. The van der Waals surface area contributed by atoms with Crippen LogP contribution in [-0.2, 0) is 9.84 Å². The summed E-state index contributed by atoms with van der Waals surface area (Å²) in [5, 5.41) is 7.17. The van der Waals surface area contributed by atoms with Gasteiger partial charge in [-0.2, -0.15) is 4.98 Å². The number of hydrogen-bond donors (Lipinski definition) is 1. The van der Waals surface area contributed by atoms with Gasteiger partial charge in [-0.05, 0) is 38.1 Å². The van der Waals surface area contributed by atoms with Gasteiger partial charge in [0.25, 0.3) is 11.7 Å². The van der Waals surface area contributed by atoms with Gasteiger partial charge < -0.3 is 0 Å². The molecule has 3 heterocycles.